The zero-order valence-electron chi connectivity index (χ0n) is 9.17. The van der Waals surface area contributed by atoms with Crippen LogP contribution in [0, 0.1) is 0 Å². The second-order valence-corrected chi connectivity index (χ2v) is 3.83. The van der Waals surface area contributed by atoms with Crippen molar-refractivity contribution in [3.05, 3.63) is 53.1 Å². The number of nitrogens with zero attached hydrogens (tertiary/aromatic N) is 2. The second-order valence-electron chi connectivity index (χ2n) is 3.39. The summed E-state index contributed by atoms with van der Waals surface area (Å²) in [7, 11) is 1.53. The Morgan fingerprint density at radius 3 is 2.76 bits per heavy atom. The van der Waals surface area contributed by atoms with Crippen LogP contribution in [0.5, 0.6) is 5.75 Å². The molecule has 5 heteroatoms. The lowest BCUT2D eigenvalue weighted by molar-refractivity contribution is 0.204. The summed E-state index contributed by atoms with van der Waals surface area (Å²) >= 11 is 5.74. The van der Waals surface area contributed by atoms with Crippen molar-refractivity contribution in [3.63, 3.8) is 0 Å². The molecule has 0 aromatic carbocycles. The highest BCUT2D eigenvalue weighted by Gasteiger charge is 2.17. The molecule has 1 atom stereocenters. The number of ether oxygens (including phenoxy) is 1. The largest absolute Gasteiger partial charge is 0.495 e. The van der Waals surface area contributed by atoms with Gasteiger partial charge in [0.2, 0.25) is 0 Å². The van der Waals surface area contributed by atoms with Crippen molar-refractivity contribution in [3.8, 4) is 5.75 Å². The van der Waals surface area contributed by atoms with E-state index in [1.54, 1.807) is 30.5 Å². The fraction of sp³-hybridized carbons (Fsp3) is 0.167. The Bertz CT molecular complexity index is 502. The Hall–Kier alpha value is -1.65. The van der Waals surface area contributed by atoms with Crippen LogP contribution >= 0.6 is 11.6 Å². The van der Waals surface area contributed by atoms with E-state index in [0.717, 1.165) is 0 Å². The lowest BCUT2D eigenvalue weighted by Gasteiger charge is -2.12. The lowest BCUT2D eigenvalue weighted by Crippen LogP contribution is -2.06. The average Bonchev–Trinajstić information content (AvgIpc) is 2.39. The minimum atomic E-state index is -0.927. The van der Waals surface area contributed by atoms with Crippen molar-refractivity contribution >= 4 is 11.6 Å². The van der Waals surface area contributed by atoms with Gasteiger partial charge in [0.05, 0.1) is 17.8 Å². The van der Waals surface area contributed by atoms with E-state index in [2.05, 4.69) is 9.97 Å². The topological polar surface area (TPSA) is 55.2 Å². The number of methoxy groups -OCH3 is 1. The molecule has 0 aliphatic carbocycles. The number of hydrogen-bond donors (Lipinski definition) is 1. The number of halogens is 1. The van der Waals surface area contributed by atoms with Crippen LogP contribution < -0.4 is 4.74 Å². The molecule has 0 radical (unpaired) electrons. The third kappa shape index (κ3) is 2.54. The van der Waals surface area contributed by atoms with Crippen LogP contribution in [0.15, 0.2) is 36.7 Å². The first kappa shape index (κ1) is 11.8. The maximum Gasteiger partial charge on any atom is 0.143 e. The van der Waals surface area contributed by atoms with Crippen LogP contribution in [0.2, 0.25) is 5.02 Å². The standard InChI is InChI=1S/C12H11ClN2O2/c1-17-10-3-2-6-14-11(10)12(16)9-5-4-8(13)7-15-9/h2-7,12,16H,1H3. The Morgan fingerprint density at radius 1 is 1.29 bits per heavy atom. The third-order valence-electron chi connectivity index (χ3n) is 2.31. The highest BCUT2D eigenvalue weighted by atomic mass is 35.5. The number of pyridine rings is 2. The summed E-state index contributed by atoms with van der Waals surface area (Å²) in [5.41, 5.74) is 0.913. The summed E-state index contributed by atoms with van der Waals surface area (Å²) < 4.78 is 5.14. The number of aromatic nitrogens is 2. The molecule has 1 unspecified atom stereocenters. The third-order valence-corrected chi connectivity index (χ3v) is 2.53. The molecule has 2 heterocycles. The van der Waals surface area contributed by atoms with Crippen molar-refractivity contribution < 1.29 is 9.84 Å². The van der Waals surface area contributed by atoms with Crippen molar-refractivity contribution in [1.82, 2.24) is 9.97 Å². The van der Waals surface area contributed by atoms with Gasteiger partial charge in [-0.05, 0) is 24.3 Å². The fourth-order valence-electron chi connectivity index (χ4n) is 1.47. The Morgan fingerprint density at radius 2 is 2.12 bits per heavy atom. The van der Waals surface area contributed by atoms with Crippen molar-refractivity contribution in [2.45, 2.75) is 6.10 Å². The van der Waals surface area contributed by atoms with Gasteiger partial charge in [0, 0.05) is 12.4 Å². The maximum absolute atomic E-state index is 10.1. The predicted octanol–water partition coefficient (Wildman–Crippen LogP) is 2.22. The average molecular weight is 251 g/mol. The molecule has 0 aliphatic heterocycles. The van der Waals surface area contributed by atoms with E-state index in [0.29, 0.717) is 22.2 Å². The van der Waals surface area contributed by atoms with E-state index in [1.165, 1.54) is 13.3 Å². The smallest absolute Gasteiger partial charge is 0.143 e. The van der Waals surface area contributed by atoms with Gasteiger partial charge in [-0.2, -0.15) is 0 Å². The molecule has 0 saturated carbocycles. The molecular weight excluding hydrogens is 240 g/mol. The summed E-state index contributed by atoms with van der Waals surface area (Å²) in [6.07, 6.45) is 2.15. The van der Waals surface area contributed by atoms with Crippen molar-refractivity contribution in [2.75, 3.05) is 7.11 Å². The molecule has 0 bridgehead atoms. The van der Waals surface area contributed by atoms with Gasteiger partial charge in [0.25, 0.3) is 0 Å². The van der Waals surface area contributed by atoms with Gasteiger partial charge in [0.1, 0.15) is 17.5 Å². The number of aliphatic hydroxyl groups is 1. The zero-order chi connectivity index (χ0) is 12.3. The molecule has 0 amide bonds. The predicted molar refractivity (Wildman–Crippen MR) is 64.1 cm³/mol. The Balaban J connectivity index is 2.36. The summed E-state index contributed by atoms with van der Waals surface area (Å²) in [5.74, 6) is 0.525. The lowest BCUT2D eigenvalue weighted by atomic mass is 10.1. The SMILES string of the molecule is COc1cccnc1C(O)c1ccc(Cl)cn1. The molecule has 0 fully saturated rings. The van der Waals surface area contributed by atoms with E-state index in [9.17, 15) is 5.11 Å². The summed E-state index contributed by atoms with van der Waals surface area (Å²) in [5, 5.41) is 10.7. The quantitative estimate of drug-likeness (QED) is 0.908. The summed E-state index contributed by atoms with van der Waals surface area (Å²) in [4.78, 5) is 8.15. The van der Waals surface area contributed by atoms with E-state index >= 15 is 0 Å². The molecule has 0 spiro atoms. The van der Waals surface area contributed by atoms with E-state index in [1.807, 2.05) is 0 Å². The number of aliphatic hydroxyl groups excluding tert-OH is 1. The van der Waals surface area contributed by atoms with Crippen LogP contribution in [0.4, 0.5) is 0 Å². The minimum Gasteiger partial charge on any atom is -0.495 e. The highest BCUT2D eigenvalue weighted by molar-refractivity contribution is 6.30. The first-order valence-electron chi connectivity index (χ1n) is 5.01. The maximum atomic E-state index is 10.1. The zero-order valence-corrected chi connectivity index (χ0v) is 9.93. The normalized spacial score (nSPS) is 12.2. The molecule has 4 nitrogen and oxygen atoms in total. The first-order chi connectivity index (χ1) is 8.22. The van der Waals surface area contributed by atoms with Gasteiger partial charge in [0.15, 0.2) is 0 Å². The van der Waals surface area contributed by atoms with E-state index in [-0.39, 0.29) is 0 Å². The Kier molecular flexibility index (Phi) is 3.56. The van der Waals surface area contributed by atoms with Gasteiger partial charge in [-0.1, -0.05) is 11.6 Å². The number of hydrogen-bond acceptors (Lipinski definition) is 4. The molecule has 2 rings (SSSR count). The minimum absolute atomic E-state index is 0.435. The molecule has 0 saturated heterocycles. The molecular formula is C12H11ClN2O2. The molecule has 0 aliphatic rings. The molecule has 17 heavy (non-hydrogen) atoms. The van der Waals surface area contributed by atoms with Gasteiger partial charge in [-0.25, -0.2) is 0 Å². The van der Waals surface area contributed by atoms with Crippen LogP contribution in [0.1, 0.15) is 17.5 Å². The number of rotatable bonds is 3. The van der Waals surface area contributed by atoms with Crippen LogP contribution in [-0.4, -0.2) is 22.2 Å². The van der Waals surface area contributed by atoms with Crippen molar-refractivity contribution in [1.29, 1.82) is 0 Å². The first-order valence-corrected chi connectivity index (χ1v) is 5.38. The van der Waals surface area contributed by atoms with E-state index in [4.69, 9.17) is 16.3 Å². The van der Waals surface area contributed by atoms with E-state index < -0.39 is 6.10 Å². The van der Waals surface area contributed by atoms with Gasteiger partial charge in [-0.15, -0.1) is 0 Å². The second kappa shape index (κ2) is 5.12. The highest BCUT2D eigenvalue weighted by Crippen LogP contribution is 2.26. The summed E-state index contributed by atoms with van der Waals surface area (Å²) in [6, 6.07) is 6.80. The van der Waals surface area contributed by atoms with Crippen LogP contribution in [0.25, 0.3) is 0 Å². The Labute approximate surface area is 104 Å². The molecule has 1 N–H and O–H groups in total. The van der Waals surface area contributed by atoms with Crippen LogP contribution in [0.3, 0.4) is 0 Å². The van der Waals surface area contributed by atoms with Gasteiger partial charge < -0.3 is 9.84 Å². The van der Waals surface area contributed by atoms with Crippen LogP contribution in [-0.2, 0) is 0 Å². The van der Waals surface area contributed by atoms with Crippen molar-refractivity contribution in [2.24, 2.45) is 0 Å². The molecule has 88 valence electrons. The fourth-order valence-corrected chi connectivity index (χ4v) is 1.58. The molecule has 2 aromatic rings. The summed E-state index contributed by atoms with van der Waals surface area (Å²) in [6.45, 7) is 0. The van der Waals surface area contributed by atoms with Gasteiger partial charge in [-0.3, -0.25) is 9.97 Å². The van der Waals surface area contributed by atoms with Gasteiger partial charge >= 0.3 is 0 Å². The monoisotopic (exact) mass is 250 g/mol. The molecule has 2 aromatic heterocycles.